The monoisotopic (exact) mass is 212 g/mol. The third kappa shape index (κ3) is 10.7. The molecule has 1 aromatic heterocycles. The average Bonchev–Trinajstić information content (AvgIpc) is 1.93. The number of pyridine rings is 1. The second-order valence-corrected chi connectivity index (χ2v) is 1.04. The van der Waals surface area contributed by atoms with Crippen LogP contribution in [-0.2, 0) is 37.5 Å². The van der Waals surface area contributed by atoms with Crippen LogP contribution in [0.25, 0.3) is 0 Å². The van der Waals surface area contributed by atoms with Gasteiger partial charge in [0.05, 0.1) is 0 Å². The summed E-state index contributed by atoms with van der Waals surface area (Å²) >= 11 is 0. The van der Waals surface area contributed by atoms with Crippen molar-refractivity contribution in [3.8, 4) is 0 Å². The smallest absolute Gasteiger partial charge is 0 e. The summed E-state index contributed by atoms with van der Waals surface area (Å²) in [5, 5.41) is 6.76. The summed E-state index contributed by atoms with van der Waals surface area (Å²) in [5.41, 5.74) is 0. The van der Waals surface area contributed by atoms with Gasteiger partial charge in [0.25, 0.3) is 0 Å². The molecule has 0 bridgehead atoms. The molecule has 3 nitrogen and oxygen atoms in total. The van der Waals surface area contributed by atoms with Gasteiger partial charge in [-0.1, -0.05) is 18.9 Å². The summed E-state index contributed by atoms with van der Waals surface area (Å²) in [5.74, 6) is 0. The van der Waals surface area contributed by atoms with Crippen LogP contribution in [0.2, 0.25) is 0 Å². The average molecular weight is 212 g/mol. The molecule has 1 rings (SSSR count). The van der Waals surface area contributed by atoms with Crippen molar-refractivity contribution in [2.45, 2.75) is 0 Å². The molecule has 0 aromatic carbocycles. The van der Waals surface area contributed by atoms with Crippen molar-refractivity contribution >= 4 is 6.47 Å². The van der Waals surface area contributed by atoms with Crippen LogP contribution in [0.3, 0.4) is 0 Å². The first-order valence-electron chi connectivity index (χ1n) is 2.19. The minimum absolute atomic E-state index is 0. The number of rotatable bonds is 0. The van der Waals surface area contributed by atoms with E-state index in [4.69, 9.17) is 9.90 Å². The third-order valence-corrected chi connectivity index (χ3v) is 0.514. The largest absolute Gasteiger partial charge is 0.665 e. The van der Waals surface area contributed by atoms with Crippen LogP contribution in [0.1, 0.15) is 0 Å². The van der Waals surface area contributed by atoms with Gasteiger partial charge in [-0.2, -0.15) is 6.07 Å². The van der Waals surface area contributed by atoms with Gasteiger partial charge in [-0.25, -0.2) is 12.1 Å². The van der Waals surface area contributed by atoms with Gasteiger partial charge in [-0.3, -0.25) is 0 Å². The number of hydrogen-bond acceptors (Lipinski definition) is 2. The first-order chi connectivity index (χ1) is 4.41. The molecule has 0 aliphatic heterocycles. The molecule has 10 heavy (non-hydrogen) atoms. The molecule has 51 valence electrons. The summed E-state index contributed by atoms with van der Waals surface area (Å²) in [6.45, 7) is 0.500. The van der Waals surface area contributed by atoms with Crippen LogP contribution >= 0.6 is 0 Å². The zero-order chi connectivity index (χ0) is 6.95. The van der Waals surface area contributed by atoms with Crippen LogP contribution < -0.4 is 0 Å². The van der Waals surface area contributed by atoms with E-state index in [0.29, 0.717) is 6.47 Å². The molecule has 0 unspecified atom stereocenters. The molecule has 0 atom stereocenters. The predicted octanol–water partition coefficient (Wildman–Crippen LogP) is 0.491. The maximum Gasteiger partial charge on any atom is 0 e. The van der Waals surface area contributed by atoms with Gasteiger partial charge in [-0.05, 0) is 0 Å². The second kappa shape index (κ2) is 11.5. The van der Waals surface area contributed by atoms with Crippen molar-refractivity contribution in [2.24, 2.45) is 0 Å². The molecular weight excluding hydrogens is 207 g/mol. The van der Waals surface area contributed by atoms with Gasteiger partial charge in [0, 0.05) is 32.7 Å². The SMILES string of the molecule is O=[C-]O.[Y].[c-]1cccnc1. The first-order valence-corrected chi connectivity index (χ1v) is 2.19. The van der Waals surface area contributed by atoms with Crippen LogP contribution in [0, 0.1) is 6.07 Å². The van der Waals surface area contributed by atoms with Crippen molar-refractivity contribution < 1.29 is 42.6 Å². The summed E-state index contributed by atoms with van der Waals surface area (Å²) < 4.78 is 0. The zero-order valence-corrected chi connectivity index (χ0v) is 8.03. The van der Waals surface area contributed by atoms with Gasteiger partial charge in [-0.15, -0.1) is 0 Å². The van der Waals surface area contributed by atoms with Crippen LogP contribution in [0.15, 0.2) is 24.5 Å². The maximum absolute atomic E-state index is 8.24. The predicted molar refractivity (Wildman–Crippen MR) is 31.4 cm³/mol. The van der Waals surface area contributed by atoms with Crippen molar-refractivity contribution in [3.63, 3.8) is 0 Å². The van der Waals surface area contributed by atoms with E-state index in [0.717, 1.165) is 0 Å². The topological polar surface area (TPSA) is 50.2 Å². The molecule has 4 heteroatoms. The Morgan fingerprint density at radius 2 is 2.20 bits per heavy atom. The third-order valence-electron chi connectivity index (χ3n) is 0.514. The minimum atomic E-state index is 0. The Hall–Kier alpha value is -0.276. The fraction of sp³-hybridized carbons (Fsp3) is 0. The van der Waals surface area contributed by atoms with Gasteiger partial charge in [0.15, 0.2) is 0 Å². The molecule has 1 radical (unpaired) electrons. The number of hydrogen-bond donors (Lipinski definition) is 1. The van der Waals surface area contributed by atoms with Crippen molar-refractivity contribution in [2.75, 3.05) is 0 Å². The quantitative estimate of drug-likeness (QED) is 0.636. The standard InChI is InChI=1S/C5H4N.CHO2.Y/c1-2-4-6-5-3-1;2-1-3;/h1-2,4-5H;(H,2,3);/q2*-1;. The zero-order valence-electron chi connectivity index (χ0n) is 5.19. The van der Waals surface area contributed by atoms with Gasteiger partial charge >= 0.3 is 0 Å². The summed E-state index contributed by atoms with van der Waals surface area (Å²) in [6.07, 6.45) is 3.34. The van der Waals surface area contributed by atoms with E-state index < -0.39 is 0 Å². The van der Waals surface area contributed by atoms with E-state index in [2.05, 4.69) is 11.1 Å². The second-order valence-electron chi connectivity index (χ2n) is 1.04. The van der Waals surface area contributed by atoms with Crippen LogP contribution in [-0.4, -0.2) is 16.6 Å². The molecule has 0 saturated heterocycles. The van der Waals surface area contributed by atoms with Gasteiger partial charge in [0.1, 0.15) is 0 Å². The molecule has 0 aliphatic carbocycles. The molecule has 0 aliphatic rings. The van der Waals surface area contributed by atoms with E-state index in [9.17, 15) is 0 Å². The molecule has 1 aromatic rings. The maximum atomic E-state index is 8.24. The summed E-state index contributed by atoms with van der Waals surface area (Å²) in [4.78, 5) is 12.0. The van der Waals surface area contributed by atoms with E-state index in [1.54, 1.807) is 12.4 Å². The van der Waals surface area contributed by atoms with Crippen molar-refractivity contribution in [1.82, 2.24) is 4.98 Å². The number of aromatic nitrogens is 1. The van der Waals surface area contributed by atoms with Crippen molar-refractivity contribution in [3.05, 3.63) is 30.6 Å². The summed E-state index contributed by atoms with van der Waals surface area (Å²) in [6, 6.07) is 6.43. The molecule has 0 spiro atoms. The van der Waals surface area contributed by atoms with Crippen LogP contribution in [0.5, 0.6) is 0 Å². The van der Waals surface area contributed by atoms with E-state index in [-0.39, 0.29) is 32.7 Å². The fourth-order valence-electron chi connectivity index (χ4n) is 0.277. The van der Waals surface area contributed by atoms with Crippen LogP contribution in [0.4, 0.5) is 0 Å². The van der Waals surface area contributed by atoms with E-state index in [1.165, 1.54) is 0 Å². The minimum Gasteiger partial charge on any atom is -0.665 e. The Bertz CT molecular complexity index is 119. The van der Waals surface area contributed by atoms with Gasteiger partial charge in [0.2, 0.25) is 0 Å². The van der Waals surface area contributed by atoms with Gasteiger partial charge < -0.3 is 14.9 Å². The fourth-order valence-corrected chi connectivity index (χ4v) is 0.277. The Labute approximate surface area is 84.4 Å². The molecule has 0 saturated carbocycles. The normalized spacial score (nSPS) is 6.00. The summed E-state index contributed by atoms with van der Waals surface area (Å²) in [7, 11) is 0. The molecule has 0 fully saturated rings. The molecular formula is C6H5NO2Y-2. The Kier molecular flexibility index (Phi) is 14.3. The molecule has 0 amide bonds. The van der Waals surface area contributed by atoms with E-state index in [1.807, 2.05) is 12.1 Å². The van der Waals surface area contributed by atoms with Crippen molar-refractivity contribution in [1.29, 1.82) is 0 Å². The Morgan fingerprint density at radius 3 is 2.30 bits per heavy atom. The van der Waals surface area contributed by atoms with E-state index >= 15 is 0 Å². The first kappa shape index (κ1) is 12.4. The molecule has 1 heterocycles. The number of aliphatic hydroxyl groups excluding tert-OH is 1. The number of nitrogens with zero attached hydrogens (tertiary/aromatic N) is 1. The Morgan fingerprint density at radius 1 is 1.60 bits per heavy atom. The Balaban J connectivity index is 0. The molecule has 1 N–H and O–H groups in total.